The van der Waals surface area contributed by atoms with E-state index in [1.807, 2.05) is 30.9 Å². The Bertz CT molecular complexity index is 476. The summed E-state index contributed by atoms with van der Waals surface area (Å²) in [6.07, 6.45) is 1.06. The van der Waals surface area contributed by atoms with Gasteiger partial charge in [0.05, 0.1) is 0 Å². The minimum absolute atomic E-state index is 0.187. The lowest BCUT2D eigenvalue weighted by molar-refractivity contribution is 0.0761. The van der Waals surface area contributed by atoms with Gasteiger partial charge in [0.1, 0.15) is 0 Å². The van der Waals surface area contributed by atoms with Crippen molar-refractivity contribution < 1.29 is 4.79 Å². The number of hydrogen-bond acceptors (Lipinski definition) is 2. The molecule has 1 saturated heterocycles. The van der Waals surface area contributed by atoms with E-state index < -0.39 is 0 Å². The van der Waals surface area contributed by atoms with Crippen LogP contribution in [0.3, 0.4) is 0 Å². The molecule has 1 aromatic carbocycles. The number of amides is 1. The Hall–Kier alpha value is -0.870. The van der Waals surface area contributed by atoms with Crippen molar-refractivity contribution in [3.63, 3.8) is 0 Å². The number of rotatable bonds is 3. The van der Waals surface area contributed by atoms with Crippen LogP contribution in [-0.4, -0.2) is 53.8 Å². The molecule has 0 aliphatic carbocycles. The summed E-state index contributed by atoms with van der Waals surface area (Å²) in [5, 5.41) is 0.998. The predicted octanol–water partition coefficient (Wildman–Crippen LogP) is 2.85. The van der Waals surface area contributed by atoms with E-state index in [1.54, 1.807) is 0 Å². The molecule has 1 heterocycles. The van der Waals surface area contributed by atoms with E-state index in [0.29, 0.717) is 0 Å². The largest absolute Gasteiger partial charge is 0.337 e. The number of carbonyl (C=O) groups is 1. The zero-order valence-corrected chi connectivity index (χ0v) is 13.9. The summed E-state index contributed by atoms with van der Waals surface area (Å²) < 4.78 is 0. The highest BCUT2D eigenvalue weighted by Crippen LogP contribution is 2.15. The standard InChI is InChI=1S/C16H23BrN2O/c1-13-4-5-14(2)15(12-13)16(20)19-8-3-7-18(9-6-17)10-11-19/h4-5,12H,3,6-11H2,1-2H3. The van der Waals surface area contributed by atoms with Crippen molar-refractivity contribution in [1.29, 1.82) is 0 Å². The molecule has 0 spiro atoms. The minimum atomic E-state index is 0.187. The van der Waals surface area contributed by atoms with Crippen molar-refractivity contribution in [1.82, 2.24) is 9.80 Å². The fraction of sp³-hybridized carbons (Fsp3) is 0.562. The summed E-state index contributed by atoms with van der Waals surface area (Å²) in [6, 6.07) is 6.11. The summed E-state index contributed by atoms with van der Waals surface area (Å²) in [7, 11) is 0. The third kappa shape index (κ3) is 3.83. The van der Waals surface area contributed by atoms with Crippen LogP contribution >= 0.6 is 15.9 Å². The van der Waals surface area contributed by atoms with Gasteiger partial charge >= 0.3 is 0 Å². The second kappa shape index (κ2) is 7.23. The van der Waals surface area contributed by atoms with Crippen molar-refractivity contribution in [2.45, 2.75) is 20.3 Å². The first-order chi connectivity index (χ1) is 9.61. The second-order valence-electron chi connectivity index (χ2n) is 5.49. The maximum atomic E-state index is 12.7. The molecular weight excluding hydrogens is 316 g/mol. The van der Waals surface area contributed by atoms with Crippen LogP contribution in [0, 0.1) is 13.8 Å². The van der Waals surface area contributed by atoms with Gasteiger partial charge in [0.15, 0.2) is 0 Å². The SMILES string of the molecule is Cc1ccc(C)c(C(=O)N2CCCN(CCBr)CC2)c1. The Morgan fingerprint density at radius 1 is 1.20 bits per heavy atom. The molecule has 0 aromatic heterocycles. The average molecular weight is 339 g/mol. The summed E-state index contributed by atoms with van der Waals surface area (Å²) in [5.41, 5.74) is 3.08. The quantitative estimate of drug-likeness (QED) is 0.791. The van der Waals surface area contributed by atoms with Crippen LogP contribution in [0.4, 0.5) is 0 Å². The highest BCUT2D eigenvalue weighted by Gasteiger charge is 2.21. The zero-order chi connectivity index (χ0) is 14.5. The van der Waals surface area contributed by atoms with E-state index in [-0.39, 0.29) is 5.91 Å². The van der Waals surface area contributed by atoms with Crippen LogP contribution in [0.1, 0.15) is 27.9 Å². The van der Waals surface area contributed by atoms with Crippen LogP contribution in [-0.2, 0) is 0 Å². The van der Waals surface area contributed by atoms with E-state index in [0.717, 1.165) is 61.2 Å². The first-order valence-corrected chi connectivity index (χ1v) is 8.39. The van der Waals surface area contributed by atoms with Gasteiger partial charge in [-0.3, -0.25) is 4.79 Å². The highest BCUT2D eigenvalue weighted by molar-refractivity contribution is 9.09. The van der Waals surface area contributed by atoms with Crippen molar-refractivity contribution >= 4 is 21.8 Å². The lowest BCUT2D eigenvalue weighted by Crippen LogP contribution is -2.36. The van der Waals surface area contributed by atoms with Gasteiger partial charge in [-0.2, -0.15) is 0 Å². The van der Waals surface area contributed by atoms with Gasteiger partial charge in [-0.05, 0) is 38.4 Å². The molecule has 0 radical (unpaired) electrons. The molecule has 0 bridgehead atoms. The minimum Gasteiger partial charge on any atom is -0.337 e. The van der Waals surface area contributed by atoms with Gasteiger partial charge in [-0.25, -0.2) is 0 Å². The summed E-state index contributed by atoms with van der Waals surface area (Å²) in [5.74, 6) is 0.187. The molecule has 1 aromatic rings. The molecule has 110 valence electrons. The molecule has 0 atom stereocenters. The molecule has 1 amide bonds. The van der Waals surface area contributed by atoms with Crippen LogP contribution in [0.15, 0.2) is 18.2 Å². The molecule has 20 heavy (non-hydrogen) atoms. The van der Waals surface area contributed by atoms with Crippen LogP contribution in [0.25, 0.3) is 0 Å². The maximum absolute atomic E-state index is 12.7. The van der Waals surface area contributed by atoms with Crippen molar-refractivity contribution in [2.75, 3.05) is 38.1 Å². The van der Waals surface area contributed by atoms with Crippen LogP contribution < -0.4 is 0 Å². The number of halogens is 1. The number of nitrogens with zero attached hydrogens (tertiary/aromatic N) is 2. The topological polar surface area (TPSA) is 23.6 Å². The Labute approximate surface area is 130 Å². The fourth-order valence-electron chi connectivity index (χ4n) is 2.65. The van der Waals surface area contributed by atoms with E-state index >= 15 is 0 Å². The predicted molar refractivity (Wildman–Crippen MR) is 86.7 cm³/mol. The lowest BCUT2D eigenvalue weighted by atomic mass is 10.0. The van der Waals surface area contributed by atoms with Crippen LogP contribution in [0.2, 0.25) is 0 Å². The lowest BCUT2D eigenvalue weighted by Gasteiger charge is -2.22. The Morgan fingerprint density at radius 2 is 2.00 bits per heavy atom. The molecule has 4 heteroatoms. The third-order valence-electron chi connectivity index (χ3n) is 3.90. The molecule has 1 aliphatic heterocycles. The summed E-state index contributed by atoms with van der Waals surface area (Å²) >= 11 is 3.49. The molecular formula is C16H23BrN2O. The first kappa shape index (κ1) is 15.5. The highest BCUT2D eigenvalue weighted by atomic mass is 79.9. The summed E-state index contributed by atoms with van der Waals surface area (Å²) in [4.78, 5) is 17.1. The van der Waals surface area contributed by atoms with Gasteiger partial charge in [0.2, 0.25) is 0 Å². The normalized spacial score (nSPS) is 17.1. The van der Waals surface area contributed by atoms with Crippen molar-refractivity contribution in [3.05, 3.63) is 34.9 Å². The molecule has 3 nitrogen and oxygen atoms in total. The molecule has 0 saturated carbocycles. The van der Waals surface area contributed by atoms with E-state index in [9.17, 15) is 4.79 Å². The van der Waals surface area contributed by atoms with E-state index in [2.05, 4.69) is 26.9 Å². The van der Waals surface area contributed by atoms with Crippen molar-refractivity contribution in [2.24, 2.45) is 0 Å². The Kier molecular flexibility index (Phi) is 5.61. The van der Waals surface area contributed by atoms with Gasteiger partial charge in [-0.15, -0.1) is 0 Å². The summed E-state index contributed by atoms with van der Waals surface area (Å²) in [6.45, 7) is 8.87. The monoisotopic (exact) mass is 338 g/mol. The third-order valence-corrected chi connectivity index (χ3v) is 4.25. The maximum Gasteiger partial charge on any atom is 0.254 e. The Balaban J connectivity index is 2.07. The van der Waals surface area contributed by atoms with E-state index in [1.165, 1.54) is 0 Å². The second-order valence-corrected chi connectivity index (χ2v) is 6.29. The smallest absolute Gasteiger partial charge is 0.254 e. The number of aryl methyl sites for hydroxylation is 2. The zero-order valence-electron chi connectivity index (χ0n) is 12.4. The Morgan fingerprint density at radius 3 is 2.75 bits per heavy atom. The molecule has 0 N–H and O–H groups in total. The first-order valence-electron chi connectivity index (χ1n) is 7.26. The number of alkyl halides is 1. The average Bonchev–Trinajstić information content (AvgIpc) is 2.67. The number of benzene rings is 1. The van der Waals surface area contributed by atoms with E-state index in [4.69, 9.17) is 0 Å². The fourth-order valence-corrected chi connectivity index (χ4v) is 3.16. The molecule has 1 aliphatic rings. The number of hydrogen-bond donors (Lipinski definition) is 0. The van der Waals surface area contributed by atoms with Gasteiger partial charge in [0.25, 0.3) is 5.91 Å². The number of carbonyl (C=O) groups excluding carboxylic acids is 1. The van der Waals surface area contributed by atoms with Gasteiger partial charge < -0.3 is 9.80 Å². The molecule has 0 unspecified atom stereocenters. The molecule has 1 fully saturated rings. The van der Waals surface area contributed by atoms with Crippen molar-refractivity contribution in [3.8, 4) is 0 Å². The van der Waals surface area contributed by atoms with Crippen LogP contribution in [0.5, 0.6) is 0 Å². The van der Waals surface area contributed by atoms with Gasteiger partial charge in [0, 0.05) is 37.1 Å². The molecule has 2 rings (SSSR count). The van der Waals surface area contributed by atoms with Gasteiger partial charge in [-0.1, -0.05) is 33.6 Å².